The predicted octanol–water partition coefficient (Wildman–Crippen LogP) is 2.43. The molecule has 0 saturated heterocycles. The molecule has 0 radical (unpaired) electrons. The summed E-state index contributed by atoms with van der Waals surface area (Å²) in [7, 11) is 0. The summed E-state index contributed by atoms with van der Waals surface area (Å²) in [5.41, 5.74) is 6.38. The normalized spacial score (nSPS) is 11.8. The van der Waals surface area contributed by atoms with Crippen LogP contribution in [0.15, 0.2) is 18.2 Å². The van der Waals surface area contributed by atoms with Gasteiger partial charge in [-0.25, -0.2) is 8.78 Å². The molecule has 0 aliphatic heterocycles. The van der Waals surface area contributed by atoms with Crippen LogP contribution >= 0.6 is 0 Å². The SMILES string of the molecule is CC(C)(CCN)CNCc1ccc(F)c(F)c1. The molecule has 3 N–H and O–H groups in total. The second-order valence-electron chi connectivity index (χ2n) is 5.05. The van der Waals surface area contributed by atoms with Gasteiger partial charge >= 0.3 is 0 Å². The molecule has 4 heteroatoms. The third-order valence-electron chi connectivity index (χ3n) is 2.74. The highest BCUT2D eigenvalue weighted by atomic mass is 19.2. The van der Waals surface area contributed by atoms with E-state index < -0.39 is 11.6 Å². The van der Waals surface area contributed by atoms with Crippen LogP contribution in [0, 0.1) is 17.0 Å². The standard InChI is InChI=1S/C13H20F2N2/c1-13(2,5-6-16)9-17-8-10-3-4-11(14)12(15)7-10/h3-4,7,17H,5-6,8-9,16H2,1-2H3. The van der Waals surface area contributed by atoms with Crippen LogP contribution in [0.25, 0.3) is 0 Å². The highest BCUT2D eigenvalue weighted by Crippen LogP contribution is 2.18. The Morgan fingerprint density at radius 1 is 1.24 bits per heavy atom. The Morgan fingerprint density at radius 2 is 1.94 bits per heavy atom. The number of benzene rings is 1. The molecule has 0 fully saturated rings. The van der Waals surface area contributed by atoms with E-state index in [9.17, 15) is 8.78 Å². The van der Waals surface area contributed by atoms with Gasteiger partial charge < -0.3 is 11.1 Å². The van der Waals surface area contributed by atoms with Gasteiger partial charge in [0.2, 0.25) is 0 Å². The molecular weight excluding hydrogens is 222 g/mol. The molecule has 0 aliphatic rings. The molecule has 17 heavy (non-hydrogen) atoms. The first-order valence-electron chi connectivity index (χ1n) is 5.79. The number of halogens is 2. The molecule has 0 atom stereocenters. The number of hydrogen-bond acceptors (Lipinski definition) is 2. The van der Waals surface area contributed by atoms with Crippen LogP contribution in [-0.4, -0.2) is 13.1 Å². The zero-order chi connectivity index (χ0) is 12.9. The molecular formula is C13H20F2N2. The van der Waals surface area contributed by atoms with E-state index in [0.717, 1.165) is 24.6 Å². The van der Waals surface area contributed by atoms with Crippen LogP contribution in [-0.2, 0) is 6.54 Å². The molecule has 0 bridgehead atoms. The molecule has 1 aromatic rings. The first-order valence-corrected chi connectivity index (χ1v) is 5.79. The molecule has 0 heterocycles. The summed E-state index contributed by atoms with van der Waals surface area (Å²) in [5.74, 6) is -1.61. The third-order valence-corrected chi connectivity index (χ3v) is 2.74. The fourth-order valence-electron chi connectivity index (χ4n) is 1.67. The predicted molar refractivity (Wildman–Crippen MR) is 65.5 cm³/mol. The molecule has 0 unspecified atom stereocenters. The Bertz CT molecular complexity index is 364. The minimum absolute atomic E-state index is 0.118. The smallest absolute Gasteiger partial charge is 0.159 e. The first-order chi connectivity index (χ1) is 7.94. The van der Waals surface area contributed by atoms with Crippen molar-refractivity contribution in [3.05, 3.63) is 35.4 Å². The van der Waals surface area contributed by atoms with E-state index in [1.165, 1.54) is 6.07 Å². The van der Waals surface area contributed by atoms with E-state index >= 15 is 0 Å². The average Bonchev–Trinajstić information content (AvgIpc) is 2.23. The Labute approximate surface area is 101 Å². The van der Waals surface area contributed by atoms with Crippen molar-refractivity contribution in [1.29, 1.82) is 0 Å². The highest BCUT2D eigenvalue weighted by Gasteiger charge is 2.15. The van der Waals surface area contributed by atoms with Crippen molar-refractivity contribution < 1.29 is 8.78 Å². The van der Waals surface area contributed by atoms with E-state index in [1.54, 1.807) is 6.07 Å². The number of hydrogen-bond donors (Lipinski definition) is 2. The van der Waals surface area contributed by atoms with Gasteiger partial charge in [0.1, 0.15) is 0 Å². The van der Waals surface area contributed by atoms with Gasteiger partial charge in [-0.05, 0) is 36.1 Å². The van der Waals surface area contributed by atoms with Crippen LogP contribution in [0.4, 0.5) is 8.78 Å². The summed E-state index contributed by atoms with van der Waals surface area (Å²) in [6.07, 6.45) is 0.928. The maximum Gasteiger partial charge on any atom is 0.159 e. The maximum absolute atomic E-state index is 12.9. The van der Waals surface area contributed by atoms with Gasteiger partial charge in [-0.1, -0.05) is 19.9 Å². The second kappa shape index (κ2) is 6.07. The number of nitrogens with one attached hydrogen (secondary N) is 1. The van der Waals surface area contributed by atoms with Crippen LogP contribution in [0.2, 0.25) is 0 Å². The molecule has 2 nitrogen and oxygen atoms in total. The molecule has 1 aromatic carbocycles. The Balaban J connectivity index is 2.43. The van der Waals surface area contributed by atoms with E-state index in [2.05, 4.69) is 19.2 Å². The van der Waals surface area contributed by atoms with E-state index in [4.69, 9.17) is 5.73 Å². The van der Waals surface area contributed by atoms with Crippen molar-refractivity contribution in [2.45, 2.75) is 26.8 Å². The summed E-state index contributed by atoms with van der Waals surface area (Å²) >= 11 is 0. The van der Waals surface area contributed by atoms with Crippen molar-refractivity contribution in [3.8, 4) is 0 Å². The van der Waals surface area contributed by atoms with Gasteiger partial charge in [0.15, 0.2) is 11.6 Å². The summed E-state index contributed by atoms with van der Waals surface area (Å²) in [6.45, 7) is 6.23. The van der Waals surface area contributed by atoms with Gasteiger partial charge in [-0.15, -0.1) is 0 Å². The lowest BCUT2D eigenvalue weighted by molar-refractivity contribution is 0.319. The summed E-state index contributed by atoms with van der Waals surface area (Å²) in [6, 6.07) is 3.96. The largest absolute Gasteiger partial charge is 0.330 e. The Kier molecular flexibility index (Phi) is 5.02. The van der Waals surface area contributed by atoms with Crippen LogP contribution < -0.4 is 11.1 Å². The number of rotatable bonds is 6. The van der Waals surface area contributed by atoms with Gasteiger partial charge in [0.25, 0.3) is 0 Å². The second-order valence-corrected chi connectivity index (χ2v) is 5.05. The van der Waals surface area contributed by atoms with Gasteiger partial charge in [-0.3, -0.25) is 0 Å². The molecule has 0 aromatic heterocycles. The highest BCUT2D eigenvalue weighted by molar-refractivity contribution is 5.17. The zero-order valence-electron chi connectivity index (χ0n) is 10.4. The van der Waals surface area contributed by atoms with E-state index in [-0.39, 0.29) is 5.41 Å². The molecule has 0 amide bonds. The van der Waals surface area contributed by atoms with Gasteiger partial charge in [0, 0.05) is 13.1 Å². The average molecular weight is 242 g/mol. The Hall–Kier alpha value is -1.00. The maximum atomic E-state index is 12.9. The number of nitrogens with two attached hydrogens (primary N) is 1. The van der Waals surface area contributed by atoms with E-state index in [1.807, 2.05) is 0 Å². The molecule has 0 saturated carbocycles. The molecule has 0 aliphatic carbocycles. The lowest BCUT2D eigenvalue weighted by Crippen LogP contribution is -2.31. The van der Waals surface area contributed by atoms with Crippen LogP contribution in [0.5, 0.6) is 0 Å². The summed E-state index contributed by atoms with van der Waals surface area (Å²) < 4.78 is 25.6. The van der Waals surface area contributed by atoms with Gasteiger partial charge in [0.05, 0.1) is 0 Å². The lowest BCUT2D eigenvalue weighted by atomic mass is 9.89. The zero-order valence-corrected chi connectivity index (χ0v) is 10.4. The van der Waals surface area contributed by atoms with Crippen LogP contribution in [0.1, 0.15) is 25.8 Å². The monoisotopic (exact) mass is 242 g/mol. The molecule has 0 spiro atoms. The van der Waals surface area contributed by atoms with Crippen molar-refractivity contribution >= 4 is 0 Å². The fraction of sp³-hybridized carbons (Fsp3) is 0.538. The topological polar surface area (TPSA) is 38.0 Å². The minimum atomic E-state index is -0.808. The lowest BCUT2D eigenvalue weighted by Gasteiger charge is -2.24. The molecule has 1 rings (SSSR count). The van der Waals surface area contributed by atoms with E-state index in [0.29, 0.717) is 13.1 Å². The quantitative estimate of drug-likeness (QED) is 0.804. The summed E-state index contributed by atoms with van der Waals surface area (Å²) in [5, 5.41) is 3.23. The first kappa shape index (κ1) is 14.1. The van der Waals surface area contributed by atoms with Crippen molar-refractivity contribution in [1.82, 2.24) is 5.32 Å². The van der Waals surface area contributed by atoms with Crippen LogP contribution in [0.3, 0.4) is 0 Å². The molecule has 96 valence electrons. The van der Waals surface area contributed by atoms with Crippen molar-refractivity contribution in [2.75, 3.05) is 13.1 Å². The summed E-state index contributed by atoms with van der Waals surface area (Å²) in [4.78, 5) is 0. The fourth-order valence-corrected chi connectivity index (χ4v) is 1.67. The van der Waals surface area contributed by atoms with Crippen molar-refractivity contribution in [3.63, 3.8) is 0 Å². The van der Waals surface area contributed by atoms with Crippen molar-refractivity contribution in [2.24, 2.45) is 11.1 Å². The van der Waals surface area contributed by atoms with Gasteiger partial charge in [-0.2, -0.15) is 0 Å². The third kappa shape index (κ3) is 4.79. The Morgan fingerprint density at radius 3 is 2.53 bits per heavy atom. The minimum Gasteiger partial charge on any atom is -0.330 e.